The zero-order chi connectivity index (χ0) is 19.1. The first-order valence-electron chi connectivity index (χ1n) is 10.2. The lowest BCUT2D eigenvalue weighted by Crippen LogP contribution is -2.44. The lowest BCUT2D eigenvalue weighted by Gasteiger charge is -2.39. The minimum atomic E-state index is 0.00320. The van der Waals surface area contributed by atoms with Crippen LogP contribution in [-0.2, 0) is 0 Å². The number of amides is 1. The monoisotopic (exact) mass is 382 g/mol. The molecule has 0 N–H and O–H groups in total. The van der Waals surface area contributed by atoms with Crippen LogP contribution in [0.5, 0.6) is 0 Å². The number of piperidine rings is 1. The van der Waals surface area contributed by atoms with E-state index in [9.17, 15) is 4.79 Å². The zero-order valence-electron chi connectivity index (χ0n) is 16.3. The van der Waals surface area contributed by atoms with Gasteiger partial charge in [0.1, 0.15) is 12.0 Å². The number of likely N-dealkylation sites (tertiary alicyclic amines) is 2. The van der Waals surface area contributed by atoms with Crippen molar-refractivity contribution in [2.45, 2.75) is 50.5 Å². The third kappa shape index (κ3) is 3.09. The Morgan fingerprint density at radius 3 is 2.79 bits per heavy atom. The molecule has 0 radical (unpaired) electrons. The van der Waals surface area contributed by atoms with Gasteiger partial charge in [-0.2, -0.15) is 4.98 Å². The van der Waals surface area contributed by atoms with Crippen LogP contribution in [0.15, 0.2) is 23.1 Å². The predicted molar refractivity (Wildman–Crippen MR) is 100 cm³/mol. The topological polar surface area (TPSA) is 88.2 Å². The summed E-state index contributed by atoms with van der Waals surface area (Å²) in [6.07, 6.45) is 9.67. The number of hydrogen-bond donors (Lipinski definition) is 0. The van der Waals surface area contributed by atoms with Gasteiger partial charge in [-0.15, -0.1) is 0 Å². The van der Waals surface area contributed by atoms with Gasteiger partial charge in [0.15, 0.2) is 5.82 Å². The average Bonchev–Trinajstić information content (AvgIpc) is 3.26. The molecule has 1 amide bonds. The molecule has 2 aromatic heterocycles. The first kappa shape index (κ1) is 17.7. The van der Waals surface area contributed by atoms with Crippen LogP contribution in [0, 0.1) is 5.41 Å². The molecule has 28 heavy (non-hydrogen) atoms. The summed E-state index contributed by atoms with van der Waals surface area (Å²) in [5.41, 5.74) is 0.696. The molecule has 1 unspecified atom stereocenters. The van der Waals surface area contributed by atoms with E-state index in [1.807, 2.05) is 4.90 Å². The highest BCUT2D eigenvalue weighted by Crippen LogP contribution is 2.48. The molecular weight excluding hydrogens is 356 g/mol. The van der Waals surface area contributed by atoms with E-state index in [4.69, 9.17) is 9.51 Å². The maximum Gasteiger partial charge on any atom is 0.272 e. The van der Waals surface area contributed by atoms with E-state index in [2.05, 4.69) is 27.1 Å². The number of hydrogen-bond acceptors (Lipinski definition) is 7. The predicted octanol–water partition coefficient (Wildman–Crippen LogP) is 2.43. The quantitative estimate of drug-likeness (QED) is 0.805. The number of carbonyl (C=O) groups excluding carboxylic acids is 1. The summed E-state index contributed by atoms with van der Waals surface area (Å²) in [5, 5.41) is 4.31. The molecule has 1 aliphatic carbocycles. The van der Waals surface area contributed by atoms with Gasteiger partial charge in [0.25, 0.3) is 5.91 Å². The first-order valence-corrected chi connectivity index (χ1v) is 10.2. The van der Waals surface area contributed by atoms with Gasteiger partial charge >= 0.3 is 0 Å². The van der Waals surface area contributed by atoms with Gasteiger partial charge in [0, 0.05) is 31.7 Å². The van der Waals surface area contributed by atoms with E-state index in [1.54, 1.807) is 12.3 Å². The minimum absolute atomic E-state index is 0.00320. The van der Waals surface area contributed by atoms with Gasteiger partial charge < -0.3 is 9.42 Å². The molecule has 3 aliphatic rings. The zero-order valence-corrected chi connectivity index (χ0v) is 16.3. The van der Waals surface area contributed by atoms with Crippen molar-refractivity contribution in [2.24, 2.45) is 5.41 Å². The van der Waals surface area contributed by atoms with Crippen molar-refractivity contribution in [2.75, 3.05) is 26.7 Å². The van der Waals surface area contributed by atoms with Gasteiger partial charge in [-0.25, -0.2) is 9.97 Å². The second kappa shape index (κ2) is 6.92. The summed E-state index contributed by atoms with van der Waals surface area (Å²) in [6, 6.07) is 1.89. The van der Waals surface area contributed by atoms with Crippen molar-refractivity contribution in [3.8, 4) is 0 Å². The lowest BCUT2D eigenvalue weighted by atomic mass is 9.76. The Morgan fingerprint density at radius 1 is 1.29 bits per heavy atom. The summed E-state index contributed by atoms with van der Waals surface area (Å²) in [5.74, 6) is 2.13. The molecule has 0 bridgehead atoms. The fourth-order valence-electron chi connectivity index (χ4n) is 4.89. The summed E-state index contributed by atoms with van der Waals surface area (Å²) in [6.45, 7) is 2.55. The standard InChI is InChI=1S/C20H26N6O2/c1-25-12-20(11-16(25)17-23-18(28-24-17)14-3-2-4-14)6-9-26(10-7-20)19(27)15-5-8-21-13-22-15/h5,8,13-14,16H,2-4,6-7,9-12H2,1H3. The Morgan fingerprint density at radius 2 is 2.11 bits per heavy atom. The summed E-state index contributed by atoms with van der Waals surface area (Å²) < 4.78 is 5.55. The van der Waals surface area contributed by atoms with E-state index >= 15 is 0 Å². The third-order valence-corrected chi connectivity index (χ3v) is 6.87. The highest BCUT2D eigenvalue weighted by atomic mass is 16.5. The Hall–Kier alpha value is -2.35. The van der Waals surface area contributed by atoms with Crippen molar-refractivity contribution in [3.05, 3.63) is 36.0 Å². The summed E-state index contributed by atoms with van der Waals surface area (Å²) >= 11 is 0. The molecule has 1 atom stereocenters. The molecule has 1 saturated carbocycles. The van der Waals surface area contributed by atoms with Crippen LogP contribution in [0.25, 0.3) is 0 Å². The minimum Gasteiger partial charge on any atom is -0.339 e. The van der Waals surface area contributed by atoms with E-state index in [0.717, 1.165) is 50.6 Å². The molecule has 0 aromatic carbocycles. The van der Waals surface area contributed by atoms with Gasteiger partial charge in [0.2, 0.25) is 5.89 Å². The Kier molecular flexibility index (Phi) is 4.38. The summed E-state index contributed by atoms with van der Waals surface area (Å²) in [4.78, 5) is 29.6. The van der Waals surface area contributed by atoms with Crippen LogP contribution >= 0.6 is 0 Å². The number of rotatable bonds is 3. The second-order valence-electron chi connectivity index (χ2n) is 8.64. The van der Waals surface area contributed by atoms with Crippen LogP contribution < -0.4 is 0 Å². The first-order chi connectivity index (χ1) is 13.6. The second-order valence-corrected chi connectivity index (χ2v) is 8.64. The van der Waals surface area contributed by atoms with Gasteiger partial charge in [-0.05, 0) is 50.6 Å². The number of aromatic nitrogens is 4. The molecule has 8 nitrogen and oxygen atoms in total. The lowest BCUT2D eigenvalue weighted by molar-refractivity contribution is 0.0587. The van der Waals surface area contributed by atoms with Crippen molar-refractivity contribution in [1.82, 2.24) is 29.9 Å². The van der Waals surface area contributed by atoms with Gasteiger partial charge in [0.05, 0.1) is 6.04 Å². The van der Waals surface area contributed by atoms with Crippen LogP contribution in [0.2, 0.25) is 0 Å². The molecule has 148 valence electrons. The highest BCUT2D eigenvalue weighted by Gasteiger charge is 2.47. The summed E-state index contributed by atoms with van der Waals surface area (Å²) in [7, 11) is 2.15. The van der Waals surface area contributed by atoms with Crippen LogP contribution in [0.3, 0.4) is 0 Å². The molecule has 2 aromatic rings. The van der Waals surface area contributed by atoms with Crippen LogP contribution in [-0.4, -0.2) is 62.5 Å². The van der Waals surface area contributed by atoms with Crippen molar-refractivity contribution < 1.29 is 9.32 Å². The Balaban J connectivity index is 1.24. The third-order valence-electron chi connectivity index (χ3n) is 6.87. The number of carbonyl (C=O) groups is 1. The fourth-order valence-corrected chi connectivity index (χ4v) is 4.89. The van der Waals surface area contributed by atoms with Crippen LogP contribution in [0.4, 0.5) is 0 Å². The van der Waals surface area contributed by atoms with E-state index in [-0.39, 0.29) is 17.4 Å². The van der Waals surface area contributed by atoms with E-state index in [1.165, 1.54) is 25.6 Å². The SMILES string of the molecule is CN1CC2(CCN(C(=O)c3ccncn3)CC2)CC1c1noc(C2CCC2)n1. The highest BCUT2D eigenvalue weighted by molar-refractivity contribution is 5.92. The molecule has 4 heterocycles. The maximum absolute atomic E-state index is 12.6. The molecule has 2 saturated heterocycles. The largest absolute Gasteiger partial charge is 0.339 e. The van der Waals surface area contributed by atoms with Gasteiger partial charge in [-0.1, -0.05) is 11.6 Å². The van der Waals surface area contributed by atoms with E-state index < -0.39 is 0 Å². The van der Waals surface area contributed by atoms with Crippen molar-refractivity contribution in [1.29, 1.82) is 0 Å². The van der Waals surface area contributed by atoms with Crippen molar-refractivity contribution in [3.63, 3.8) is 0 Å². The fraction of sp³-hybridized carbons (Fsp3) is 0.650. The van der Waals surface area contributed by atoms with Crippen molar-refractivity contribution >= 4 is 5.91 Å². The molecule has 8 heteroatoms. The molecule has 1 spiro atoms. The van der Waals surface area contributed by atoms with Gasteiger partial charge in [-0.3, -0.25) is 9.69 Å². The average molecular weight is 382 g/mol. The maximum atomic E-state index is 12.6. The molecule has 5 rings (SSSR count). The Labute approximate surface area is 164 Å². The van der Waals surface area contributed by atoms with Crippen LogP contribution in [0.1, 0.15) is 72.7 Å². The molecular formula is C20H26N6O2. The number of nitrogens with zero attached hydrogens (tertiary/aromatic N) is 6. The Bertz CT molecular complexity index is 841. The van der Waals surface area contributed by atoms with E-state index in [0.29, 0.717) is 11.6 Å². The normalized spacial score (nSPS) is 25.2. The smallest absolute Gasteiger partial charge is 0.272 e. The molecule has 2 aliphatic heterocycles. The molecule has 3 fully saturated rings.